The zero-order valence-corrected chi connectivity index (χ0v) is 20.8. The van der Waals surface area contributed by atoms with Crippen molar-refractivity contribution in [1.82, 2.24) is 20.1 Å². The summed E-state index contributed by atoms with van der Waals surface area (Å²) in [5, 5.41) is 6.64. The average molecular weight is 521 g/mol. The van der Waals surface area contributed by atoms with Crippen LogP contribution in [0.1, 0.15) is 52.2 Å². The van der Waals surface area contributed by atoms with Crippen molar-refractivity contribution >= 4 is 47.4 Å². The number of fused-ring (bicyclic) bond motifs is 1. The van der Waals surface area contributed by atoms with Gasteiger partial charge in [0.25, 0.3) is 0 Å². The molecule has 9 heteroatoms. The lowest BCUT2D eigenvalue weighted by Crippen LogP contribution is -2.57. The third-order valence-electron chi connectivity index (χ3n) is 4.58. The van der Waals surface area contributed by atoms with Crippen LogP contribution < -0.4 is 5.32 Å². The Morgan fingerprint density at radius 2 is 2.00 bits per heavy atom. The van der Waals surface area contributed by atoms with Crippen LogP contribution in [0, 0.1) is 0 Å². The summed E-state index contributed by atoms with van der Waals surface area (Å²) in [4.78, 5) is 25.7. The maximum atomic E-state index is 12.3. The van der Waals surface area contributed by atoms with Gasteiger partial charge in [-0.1, -0.05) is 20.8 Å². The number of thiazole rings is 1. The van der Waals surface area contributed by atoms with Gasteiger partial charge in [0.1, 0.15) is 10.6 Å². The lowest BCUT2D eigenvalue weighted by atomic mass is 9.93. The zero-order valence-electron chi connectivity index (χ0n) is 17.6. The Morgan fingerprint density at radius 3 is 2.61 bits per heavy atom. The van der Waals surface area contributed by atoms with E-state index >= 15 is 0 Å². The Bertz CT molecular complexity index is 723. The molecule has 0 bridgehead atoms. The van der Waals surface area contributed by atoms with Gasteiger partial charge < -0.3 is 19.9 Å². The number of hydrogen-bond donors (Lipinski definition) is 1. The molecule has 28 heavy (non-hydrogen) atoms. The van der Waals surface area contributed by atoms with Gasteiger partial charge in [0, 0.05) is 30.4 Å². The first kappa shape index (κ1) is 23.2. The number of amides is 1. The monoisotopic (exact) mass is 521 g/mol. The Labute approximate surface area is 189 Å². The number of guanidine groups is 1. The smallest absolute Gasteiger partial charge is 0.410 e. The molecule has 0 spiro atoms. The SMILES string of the molecule is CC(C)(C)OC(=O)N1CCN2C(NCc3nc(C(C)(C)C)cs3)=NCC2C1.I. The van der Waals surface area contributed by atoms with Gasteiger partial charge in [0.05, 0.1) is 24.8 Å². The van der Waals surface area contributed by atoms with Gasteiger partial charge in [-0.15, -0.1) is 35.3 Å². The fourth-order valence-corrected chi connectivity index (χ4v) is 4.07. The van der Waals surface area contributed by atoms with Gasteiger partial charge in [-0.25, -0.2) is 9.78 Å². The van der Waals surface area contributed by atoms with Gasteiger partial charge in [0.2, 0.25) is 0 Å². The molecular weight excluding hydrogens is 489 g/mol. The zero-order chi connectivity index (χ0) is 19.8. The van der Waals surface area contributed by atoms with Crippen molar-refractivity contribution in [2.75, 3.05) is 26.2 Å². The molecule has 1 N–H and O–H groups in total. The van der Waals surface area contributed by atoms with Crippen LogP contribution in [0.15, 0.2) is 10.4 Å². The number of nitrogens with one attached hydrogen (secondary N) is 1. The van der Waals surface area contributed by atoms with Gasteiger partial charge >= 0.3 is 6.09 Å². The first-order chi connectivity index (χ1) is 12.5. The molecule has 3 heterocycles. The molecule has 1 aromatic heterocycles. The predicted octanol–water partition coefficient (Wildman–Crippen LogP) is 3.44. The minimum absolute atomic E-state index is 0. The fourth-order valence-electron chi connectivity index (χ4n) is 3.11. The van der Waals surface area contributed by atoms with E-state index in [0.717, 1.165) is 23.2 Å². The summed E-state index contributed by atoms with van der Waals surface area (Å²) in [6, 6.07) is 0.218. The Hall–Kier alpha value is -1.10. The van der Waals surface area contributed by atoms with E-state index in [2.05, 4.69) is 41.4 Å². The molecule has 0 radical (unpaired) electrons. The molecule has 7 nitrogen and oxygen atoms in total. The lowest BCUT2D eigenvalue weighted by Gasteiger charge is -2.39. The fraction of sp³-hybridized carbons (Fsp3) is 0.737. The van der Waals surface area contributed by atoms with E-state index < -0.39 is 5.60 Å². The number of nitrogens with zero attached hydrogens (tertiary/aromatic N) is 4. The quantitative estimate of drug-likeness (QED) is 0.604. The molecular formula is C19H32IN5O2S. The second kappa shape index (κ2) is 8.73. The normalized spacial score (nSPS) is 19.6. The minimum Gasteiger partial charge on any atom is -0.444 e. The van der Waals surface area contributed by atoms with Crippen LogP contribution in [-0.2, 0) is 16.7 Å². The van der Waals surface area contributed by atoms with Gasteiger partial charge in [-0.05, 0) is 20.8 Å². The maximum absolute atomic E-state index is 12.3. The van der Waals surface area contributed by atoms with Gasteiger partial charge in [-0.2, -0.15) is 0 Å². The molecule has 1 unspecified atom stereocenters. The molecule has 3 rings (SSSR count). The average Bonchev–Trinajstić information content (AvgIpc) is 3.17. The number of halogens is 1. The van der Waals surface area contributed by atoms with Crippen LogP contribution in [0.5, 0.6) is 0 Å². The molecule has 0 saturated carbocycles. The van der Waals surface area contributed by atoms with Crippen LogP contribution in [0.3, 0.4) is 0 Å². The van der Waals surface area contributed by atoms with E-state index in [0.29, 0.717) is 26.2 Å². The summed E-state index contributed by atoms with van der Waals surface area (Å²) in [6.07, 6.45) is -0.235. The highest BCUT2D eigenvalue weighted by atomic mass is 127. The molecule has 1 atom stereocenters. The second-order valence-corrected chi connectivity index (χ2v) is 10.1. The number of carbonyl (C=O) groups is 1. The molecule has 0 aliphatic carbocycles. The highest BCUT2D eigenvalue weighted by Crippen LogP contribution is 2.24. The van der Waals surface area contributed by atoms with Crippen molar-refractivity contribution in [1.29, 1.82) is 0 Å². The number of ether oxygens (including phenoxy) is 1. The number of hydrogen-bond acceptors (Lipinski definition) is 7. The molecule has 0 aromatic carbocycles. The first-order valence-corrected chi connectivity index (χ1v) is 10.4. The summed E-state index contributed by atoms with van der Waals surface area (Å²) in [5.41, 5.74) is 0.733. The van der Waals surface area contributed by atoms with Crippen LogP contribution in [0.2, 0.25) is 0 Å². The summed E-state index contributed by atoms with van der Waals surface area (Å²) < 4.78 is 5.50. The Morgan fingerprint density at radius 1 is 1.29 bits per heavy atom. The molecule has 158 valence electrons. The van der Waals surface area contributed by atoms with Gasteiger partial charge in [-0.3, -0.25) is 4.99 Å². The van der Waals surface area contributed by atoms with Crippen molar-refractivity contribution in [3.8, 4) is 0 Å². The number of aliphatic imine (C=N–C) groups is 1. The van der Waals surface area contributed by atoms with Crippen molar-refractivity contribution in [2.45, 2.75) is 65.1 Å². The van der Waals surface area contributed by atoms with E-state index in [9.17, 15) is 4.79 Å². The number of piperazine rings is 1. The lowest BCUT2D eigenvalue weighted by molar-refractivity contribution is 0.0137. The third-order valence-corrected chi connectivity index (χ3v) is 5.42. The van der Waals surface area contributed by atoms with Crippen LogP contribution in [0.4, 0.5) is 4.79 Å². The van der Waals surface area contributed by atoms with E-state index in [4.69, 9.17) is 9.72 Å². The molecule has 1 amide bonds. The van der Waals surface area contributed by atoms with E-state index in [-0.39, 0.29) is 41.5 Å². The maximum Gasteiger partial charge on any atom is 0.410 e. The van der Waals surface area contributed by atoms with Crippen molar-refractivity contribution in [2.24, 2.45) is 4.99 Å². The van der Waals surface area contributed by atoms with Crippen molar-refractivity contribution in [3.05, 3.63) is 16.1 Å². The van der Waals surface area contributed by atoms with E-state index in [1.54, 1.807) is 16.2 Å². The van der Waals surface area contributed by atoms with Crippen LogP contribution in [0.25, 0.3) is 0 Å². The first-order valence-electron chi connectivity index (χ1n) is 9.51. The largest absolute Gasteiger partial charge is 0.444 e. The topological polar surface area (TPSA) is 70.1 Å². The Kier molecular flexibility index (Phi) is 7.22. The summed E-state index contributed by atoms with van der Waals surface area (Å²) in [6.45, 7) is 15.7. The standard InChI is InChI=1S/C19H31N5O2S.HI/c1-18(2,3)14-12-27-15(22-14)10-21-16-20-9-13-11-23(7-8-24(13)16)17(25)26-19(4,5)6;/h12-13H,7-11H2,1-6H3,(H,20,21);1H. The number of carbonyl (C=O) groups excluding carboxylic acids is 1. The molecule has 1 saturated heterocycles. The van der Waals surface area contributed by atoms with E-state index in [1.807, 2.05) is 20.8 Å². The van der Waals surface area contributed by atoms with E-state index in [1.165, 1.54) is 0 Å². The molecule has 2 aliphatic heterocycles. The predicted molar refractivity (Wildman–Crippen MR) is 124 cm³/mol. The Balaban J connectivity index is 0.00000280. The molecule has 1 aromatic rings. The van der Waals surface area contributed by atoms with Crippen molar-refractivity contribution < 1.29 is 9.53 Å². The van der Waals surface area contributed by atoms with Crippen molar-refractivity contribution in [3.63, 3.8) is 0 Å². The number of aromatic nitrogens is 1. The summed E-state index contributed by atoms with van der Waals surface area (Å²) in [7, 11) is 0. The van der Waals surface area contributed by atoms with Gasteiger partial charge in [0.15, 0.2) is 5.96 Å². The highest BCUT2D eigenvalue weighted by Gasteiger charge is 2.36. The summed E-state index contributed by atoms with van der Waals surface area (Å²) in [5.74, 6) is 0.913. The molecule has 1 fully saturated rings. The second-order valence-electron chi connectivity index (χ2n) is 9.17. The summed E-state index contributed by atoms with van der Waals surface area (Å²) >= 11 is 1.68. The highest BCUT2D eigenvalue weighted by molar-refractivity contribution is 14.0. The van der Waals surface area contributed by atoms with Crippen LogP contribution in [-0.4, -0.2) is 64.7 Å². The number of rotatable bonds is 2. The minimum atomic E-state index is -0.466. The van der Waals surface area contributed by atoms with Crippen LogP contribution >= 0.6 is 35.3 Å². The molecule has 2 aliphatic rings. The third kappa shape index (κ3) is 5.71.